The number of nitrogens with zero attached hydrogens (tertiary/aromatic N) is 1. The first-order valence-electron chi connectivity index (χ1n) is 24.1. The number of hydrogen-bond donors (Lipinski definition) is 3. The number of hydrogen-bond acceptors (Lipinski definition) is 14. The maximum absolute atomic E-state index is 14.6. The number of fused-ring (bicyclic) bond motifs is 2. The monoisotopic (exact) mass is 910 g/mol. The lowest BCUT2D eigenvalue weighted by molar-refractivity contribution is -0.354. The van der Waals surface area contributed by atoms with Crippen LogP contribution in [0.15, 0.2) is 54.6 Å². The van der Waals surface area contributed by atoms with Crippen molar-refractivity contribution in [3.63, 3.8) is 0 Å². The predicted molar refractivity (Wildman–Crippen MR) is 241 cm³/mol. The Labute approximate surface area is 385 Å². The summed E-state index contributed by atoms with van der Waals surface area (Å²) in [6, 6.07) is 7.66. The van der Waals surface area contributed by atoms with Crippen LogP contribution in [0.4, 0.5) is 0 Å². The summed E-state index contributed by atoms with van der Waals surface area (Å²) in [7, 11) is 7.92. The molecule has 362 valence electrons. The number of carbonyl (C=O) groups excluding carboxylic acids is 3. The third kappa shape index (κ3) is 7.93. The van der Waals surface area contributed by atoms with E-state index in [0.717, 1.165) is 44.9 Å². The fourth-order valence-corrected chi connectivity index (χ4v) is 14.7. The molecule has 0 amide bonds. The molecule has 1 aliphatic heterocycles. The fraction of sp³-hybridized carbons (Fsp3) is 0.745. The largest absolute Gasteiger partial charge is 0.462 e. The lowest BCUT2D eigenvalue weighted by Crippen LogP contribution is -2.85. The minimum absolute atomic E-state index is 0.0305. The highest BCUT2D eigenvalue weighted by Gasteiger charge is 2.96. The third-order valence-electron chi connectivity index (χ3n) is 16.5. The molecule has 0 aromatic heterocycles. The molecule has 5 saturated carbocycles. The minimum atomic E-state index is -2.17. The van der Waals surface area contributed by atoms with E-state index in [9.17, 15) is 29.7 Å². The molecular weight excluding hydrogens is 835 g/mol. The molecule has 0 radical (unpaired) electrons. The van der Waals surface area contributed by atoms with E-state index < -0.39 is 112 Å². The van der Waals surface area contributed by atoms with E-state index >= 15 is 0 Å². The Hall–Kier alpha value is -3.21. The highest BCUT2D eigenvalue weighted by Crippen LogP contribution is 2.82. The number of aliphatic hydroxyl groups is 3. The van der Waals surface area contributed by atoms with Crippen LogP contribution in [0.5, 0.6) is 0 Å². The molecule has 7 rings (SSSR count). The van der Waals surface area contributed by atoms with Gasteiger partial charge >= 0.3 is 17.9 Å². The Kier molecular flexibility index (Phi) is 15.4. The van der Waals surface area contributed by atoms with Crippen molar-refractivity contribution in [3.8, 4) is 0 Å². The van der Waals surface area contributed by atoms with Gasteiger partial charge in [-0.3, -0.25) is 9.59 Å². The quantitative estimate of drug-likeness (QED) is 0.0524. The molecular formula is C51H75NO13. The number of allylic oxidation sites excluding steroid dienone is 4. The number of methoxy groups -OCH3 is 4. The molecule has 7 bridgehead atoms. The topological polar surface area (TPSA) is 180 Å². The van der Waals surface area contributed by atoms with Gasteiger partial charge in [-0.25, -0.2) is 4.79 Å². The predicted octanol–water partition coefficient (Wildman–Crippen LogP) is 5.74. The summed E-state index contributed by atoms with van der Waals surface area (Å²) >= 11 is 0. The molecule has 1 unspecified atom stereocenters. The summed E-state index contributed by atoms with van der Waals surface area (Å²) in [6.45, 7) is 4.00. The zero-order valence-electron chi connectivity index (χ0n) is 39.7. The van der Waals surface area contributed by atoms with Gasteiger partial charge in [0.2, 0.25) is 0 Å². The van der Waals surface area contributed by atoms with E-state index in [1.807, 2.05) is 7.05 Å². The molecule has 15 atom stereocenters. The van der Waals surface area contributed by atoms with Gasteiger partial charge in [0.25, 0.3) is 0 Å². The second-order valence-corrected chi connectivity index (χ2v) is 19.9. The molecule has 6 aliphatic rings. The van der Waals surface area contributed by atoms with Crippen LogP contribution >= 0.6 is 0 Å². The molecule has 1 saturated heterocycles. The number of piperidine rings is 1. The zero-order valence-corrected chi connectivity index (χ0v) is 39.7. The van der Waals surface area contributed by atoms with Crippen LogP contribution in [0.25, 0.3) is 0 Å². The normalized spacial score (nSPS) is 40.1. The molecule has 3 N–H and O–H groups in total. The lowest BCUT2D eigenvalue weighted by Gasteiger charge is -2.72. The molecule has 14 nitrogen and oxygen atoms in total. The standard InChI is InChI=1S/C51H75NO13/c1-8-9-10-11-12-13-14-15-16-17-18-19-20-21-25-28-37(54)65-51-38-39(61-6)40-47(32-59-4)31-52(3)42(38)50(40,36(60-5)29-35(47)63-33(2)53)49(58)30-48(57,45(62-7)43(51)55)44(41(49)51)64-46(56)34-26-23-22-24-27-34/h12-13,15-16,22-24,26-27,35-36,38-45,55,57-58H,8-11,14,17-21,25,28-32H2,1-7H3/b13-12-,16-15-/t35-,36+,38+,39+,40-,41+,42?,43+,44-,45+,47+,48-,49+,50-,51+/m1/s1. The van der Waals surface area contributed by atoms with Crippen molar-refractivity contribution in [1.82, 2.24) is 4.90 Å². The van der Waals surface area contributed by atoms with E-state index in [0.29, 0.717) is 13.0 Å². The van der Waals surface area contributed by atoms with E-state index in [1.54, 1.807) is 51.7 Å². The van der Waals surface area contributed by atoms with Crippen molar-refractivity contribution in [2.24, 2.45) is 28.6 Å². The van der Waals surface area contributed by atoms with Crippen molar-refractivity contribution >= 4 is 17.9 Å². The molecule has 6 fully saturated rings. The van der Waals surface area contributed by atoms with Gasteiger partial charge in [-0.05, 0) is 57.7 Å². The summed E-state index contributed by atoms with van der Waals surface area (Å²) in [6.07, 6.45) is 12.7. The Morgan fingerprint density at radius 1 is 0.815 bits per heavy atom. The van der Waals surface area contributed by atoms with E-state index in [1.165, 1.54) is 33.3 Å². The van der Waals surface area contributed by atoms with Gasteiger partial charge < -0.3 is 53.4 Å². The Morgan fingerprint density at radius 2 is 1.49 bits per heavy atom. The molecule has 65 heavy (non-hydrogen) atoms. The first-order valence-corrected chi connectivity index (χ1v) is 24.1. The smallest absolute Gasteiger partial charge is 0.338 e. The highest BCUT2D eigenvalue weighted by atomic mass is 16.6. The number of rotatable bonds is 23. The van der Waals surface area contributed by atoms with Crippen LogP contribution in [0.3, 0.4) is 0 Å². The lowest BCUT2D eigenvalue weighted by atomic mass is 9.40. The molecule has 1 spiro atoms. The van der Waals surface area contributed by atoms with Crippen LogP contribution in [0, 0.1) is 28.6 Å². The summed E-state index contributed by atoms with van der Waals surface area (Å²) in [4.78, 5) is 43.7. The summed E-state index contributed by atoms with van der Waals surface area (Å²) < 4.78 is 44.6. The van der Waals surface area contributed by atoms with Gasteiger partial charge in [0, 0.05) is 89.9 Å². The van der Waals surface area contributed by atoms with Crippen molar-refractivity contribution in [3.05, 3.63) is 60.2 Å². The van der Waals surface area contributed by atoms with Gasteiger partial charge in [0.1, 0.15) is 30.0 Å². The Bertz CT molecular complexity index is 1880. The van der Waals surface area contributed by atoms with E-state index in [4.69, 9.17) is 33.2 Å². The van der Waals surface area contributed by atoms with Crippen molar-refractivity contribution in [1.29, 1.82) is 0 Å². The Morgan fingerprint density at radius 3 is 2.12 bits per heavy atom. The molecule has 1 aromatic rings. The van der Waals surface area contributed by atoms with Crippen LogP contribution in [0.1, 0.15) is 114 Å². The van der Waals surface area contributed by atoms with Crippen molar-refractivity contribution in [2.75, 3.05) is 48.6 Å². The first kappa shape index (κ1) is 49.7. The van der Waals surface area contributed by atoms with Crippen molar-refractivity contribution in [2.45, 2.75) is 163 Å². The van der Waals surface area contributed by atoms with Gasteiger partial charge in [-0.2, -0.15) is 0 Å². The number of ether oxygens (including phenoxy) is 7. The number of carbonyl (C=O) groups is 3. The van der Waals surface area contributed by atoms with E-state index in [2.05, 4.69) is 36.1 Å². The van der Waals surface area contributed by atoms with Crippen LogP contribution in [0.2, 0.25) is 0 Å². The second kappa shape index (κ2) is 20.2. The number of benzene rings is 1. The fourth-order valence-electron chi connectivity index (χ4n) is 14.7. The maximum Gasteiger partial charge on any atom is 0.338 e. The van der Waals surface area contributed by atoms with Gasteiger partial charge in [0.15, 0.2) is 5.60 Å². The summed E-state index contributed by atoms with van der Waals surface area (Å²) in [5.74, 6) is -4.84. The molecule has 1 heterocycles. The number of esters is 3. The third-order valence-corrected chi connectivity index (χ3v) is 16.5. The number of unbranched alkanes of at least 4 members (excludes halogenated alkanes) is 8. The van der Waals surface area contributed by atoms with Gasteiger partial charge in [-0.1, -0.05) is 81.5 Å². The molecule has 1 aromatic carbocycles. The summed E-state index contributed by atoms with van der Waals surface area (Å²) in [5, 5.41) is 40.5. The van der Waals surface area contributed by atoms with Crippen LogP contribution in [-0.4, -0.2) is 146 Å². The average molecular weight is 910 g/mol. The Balaban J connectivity index is 1.24. The minimum Gasteiger partial charge on any atom is -0.462 e. The van der Waals surface area contributed by atoms with Gasteiger partial charge in [0.05, 0.1) is 35.9 Å². The average Bonchev–Trinajstić information content (AvgIpc) is 3.65. The van der Waals surface area contributed by atoms with Crippen LogP contribution in [-0.2, 0) is 42.7 Å². The summed E-state index contributed by atoms with van der Waals surface area (Å²) in [5.41, 5.74) is -8.43. The molecule has 14 heteroatoms. The second-order valence-electron chi connectivity index (χ2n) is 19.9. The number of aliphatic hydroxyl groups excluding tert-OH is 1. The first-order chi connectivity index (χ1) is 31.2. The SMILES string of the molecule is CCCCC/C=C\C/C=C\CCCCCCCC(=O)O[C@@]12[C@@H]3C4N(C)C[C@@]5(COC)[C@@H]([C@H]3OC)[C@@]4([C@@H](OC)C[C@H]5OC(C)=O)[C@]3(O)C[C@@](O)([C@H](OC(=O)c4ccccc4)[C@H]13)[C@@H](OC)[C@@H]2O. The van der Waals surface area contributed by atoms with Crippen LogP contribution < -0.4 is 0 Å². The number of likely N-dealkylation sites (tertiary alicyclic amines) is 1. The zero-order chi connectivity index (χ0) is 46.8. The van der Waals surface area contributed by atoms with Gasteiger partial charge in [-0.15, -0.1) is 0 Å². The highest BCUT2D eigenvalue weighted by molar-refractivity contribution is 5.89. The molecule has 5 aliphatic carbocycles. The maximum atomic E-state index is 14.6. The van der Waals surface area contributed by atoms with Crippen molar-refractivity contribution < 1.29 is 62.9 Å². The van der Waals surface area contributed by atoms with E-state index in [-0.39, 0.29) is 25.0 Å².